The lowest BCUT2D eigenvalue weighted by molar-refractivity contribution is 0.391. The second-order valence-corrected chi connectivity index (χ2v) is 6.98. The van der Waals surface area contributed by atoms with E-state index in [2.05, 4.69) is 20.5 Å². The van der Waals surface area contributed by atoms with Gasteiger partial charge in [-0.25, -0.2) is 0 Å². The summed E-state index contributed by atoms with van der Waals surface area (Å²) in [6, 6.07) is 5.59. The van der Waals surface area contributed by atoms with Gasteiger partial charge in [0.1, 0.15) is 11.5 Å². The molecule has 1 fully saturated rings. The summed E-state index contributed by atoms with van der Waals surface area (Å²) in [6.07, 6.45) is 6.81. The Balaban J connectivity index is 1.59. The number of rotatable bonds is 7. The van der Waals surface area contributed by atoms with Gasteiger partial charge in [0.15, 0.2) is 5.16 Å². The molecule has 0 unspecified atom stereocenters. The summed E-state index contributed by atoms with van der Waals surface area (Å²) in [5, 5.41) is 11.3. The monoisotopic (exact) mass is 348 g/mol. The van der Waals surface area contributed by atoms with Gasteiger partial charge < -0.3 is 14.8 Å². The van der Waals surface area contributed by atoms with Crippen LogP contribution in [0.2, 0.25) is 0 Å². The Morgan fingerprint density at radius 1 is 1.21 bits per heavy atom. The molecule has 3 rings (SSSR count). The van der Waals surface area contributed by atoms with Crippen molar-refractivity contribution >= 4 is 23.4 Å². The summed E-state index contributed by atoms with van der Waals surface area (Å²) in [7, 11) is 3.26. The van der Waals surface area contributed by atoms with Crippen LogP contribution in [0.5, 0.6) is 11.5 Å². The maximum Gasteiger partial charge on any atom is 0.247 e. The normalized spacial score (nSPS) is 15.2. The van der Waals surface area contributed by atoms with E-state index in [0.29, 0.717) is 11.7 Å². The summed E-state index contributed by atoms with van der Waals surface area (Å²) < 4.78 is 10.6. The molecular formula is C17H24N4O2S. The Kier molecular flexibility index (Phi) is 5.85. The minimum Gasteiger partial charge on any atom is -0.497 e. The number of hydrogen-bond donors (Lipinski definition) is 2. The predicted octanol–water partition coefficient (Wildman–Crippen LogP) is 4.24. The van der Waals surface area contributed by atoms with Gasteiger partial charge >= 0.3 is 0 Å². The summed E-state index contributed by atoms with van der Waals surface area (Å²) in [5.74, 6) is 3.91. The molecule has 0 bridgehead atoms. The fourth-order valence-corrected chi connectivity index (χ4v) is 3.93. The molecule has 6 nitrogen and oxygen atoms in total. The van der Waals surface area contributed by atoms with Gasteiger partial charge in [-0.05, 0) is 30.9 Å². The topological polar surface area (TPSA) is 72.1 Å². The molecule has 0 radical (unpaired) electrons. The van der Waals surface area contributed by atoms with Crippen molar-refractivity contribution < 1.29 is 9.47 Å². The molecule has 1 saturated carbocycles. The van der Waals surface area contributed by atoms with Crippen LogP contribution in [-0.2, 0) is 0 Å². The van der Waals surface area contributed by atoms with Gasteiger partial charge in [-0.2, -0.15) is 4.98 Å². The molecule has 1 aromatic carbocycles. The molecule has 0 atom stereocenters. The molecule has 0 saturated heterocycles. The number of ether oxygens (including phenoxy) is 2. The first-order chi connectivity index (χ1) is 11.8. The number of aromatic nitrogens is 3. The van der Waals surface area contributed by atoms with Crippen LogP contribution in [-0.4, -0.2) is 35.2 Å². The molecule has 1 aliphatic carbocycles. The quantitative estimate of drug-likeness (QED) is 0.729. The van der Waals surface area contributed by atoms with Crippen LogP contribution in [0.15, 0.2) is 23.4 Å². The van der Waals surface area contributed by atoms with Gasteiger partial charge in [0.05, 0.1) is 19.9 Å². The molecule has 7 heteroatoms. The summed E-state index contributed by atoms with van der Waals surface area (Å²) in [4.78, 5) is 4.51. The lowest BCUT2D eigenvalue weighted by Gasteiger charge is -2.20. The Morgan fingerprint density at radius 2 is 2.04 bits per heavy atom. The van der Waals surface area contributed by atoms with Gasteiger partial charge in [0.2, 0.25) is 5.95 Å². The maximum atomic E-state index is 5.38. The Hall–Kier alpha value is -1.89. The van der Waals surface area contributed by atoms with Crippen molar-refractivity contribution in [3.8, 4) is 11.5 Å². The van der Waals surface area contributed by atoms with Crippen LogP contribution in [0.3, 0.4) is 0 Å². The van der Waals surface area contributed by atoms with Crippen LogP contribution in [0.25, 0.3) is 0 Å². The number of nitrogens with zero attached hydrogens (tertiary/aromatic N) is 2. The first-order valence-electron chi connectivity index (χ1n) is 8.32. The van der Waals surface area contributed by atoms with E-state index in [-0.39, 0.29) is 0 Å². The number of anilines is 2. The Bertz CT molecular complexity index is 656. The number of benzene rings is 1. The minimum atomic E-state index is 0.546. The molecule has 130 valence electrons. The van der Waals surface area contributed by atoms with Crippen molar-refractivity contribution in [2.45, 2.75) is 37.3 Å². The predicted molar refractivity (Wildman–Crippen MR) is 96.5 cm³/mol. The van der Waals surface area contributed by atoms with Gasteiger partial charge in [-0.15, -0.1) is 5.10 Å². The van der Waals surface area contributed by atoms with Crippen molar-refractivity contribution in [2.75, 3.05) is 25.3 Å². The highest BCUT2D eigenvalue weighted by Gasteiger charge is 2.15. The van der Waals surface area contributed by atoms with E-state index in [1.54, 1.807) is 26.0 Å². The van der Waals surface area contributed by atoms with Crippen LogP contribution >= 0.6 is 11.8 Å². The first-order valence-corrected chi connectivity index (χ1v) is 9.31. The molecule has 1 aromatic heterocycles. The number of nitrogens with one attached hydrogen (secondary N) is 2. The Labute approximate surface area is 146 Å². The van der Waals surface area contributed by atoms with Crippen molar-refractivity contribution in [2.24, 2.45) is 5.92 Å². The average Bonchev–Trinajstić information content (AvgIpc) is 3.08. The first kappa shape index (κ1) is 17.0. The third-order valence-corrected chi connectivity index (χ3v) is 5.39. The van der Waals surface area contributed by atoms with Crippen molar-refractivity contribution in [1.82, 2.24) is 15.2 Å². The van der Waals surface area contributed by atoms with Gasteiger partial charge in [-0.3, -0.25) is 5.10 Å². The van der Waals surface area contributed by atoms with E-state index >= 15 is 0 Å². The number of aromatic amines is 1. The van der Waals surface area contributed by atoms with Gasteiger partial charge in [-0.1, -0.05) is 31.0 Å². The van der Waals surface area contributed by atoms with E-state index in [4.69, 9.17) is 9.47 Å². The number of hydrogen-bond acceptors (Lipinski definition) is 6. The van der Waals surface area contributed by atoms with E-state index in [1.165, 1.54) is 32.1 Å². The molecule has 2 aromatic rings. The highest BCUT2D eigenvalue weighted by Crippen LogP contribution is 2.32. The standard InChI is InChI=1S/C17H24N4O2S/c1-22-13-8-9-14(15(10-13)23-2)18-16-19-17(21-20-16)24-11-12-6-4-3-5-7-12/h8-10,12H,3-7,11H2,1-2H3,(H2,18,19,20,21). The second-order valence-electron chi connectivity index (χ2n) is 5.97. The van der Waals surface area contributed by atoms with Crippen LogP contribution in [0, 0.1) is 5.92 Å². The van der Waals surface area contributed by atoms with Gasteiger partial charge in [0.25, 0.3) is 0 Å². The zero-order valence-electron chi connectivity index (χ0n) is 14.2. The van der Waals surface area contributed by atoms with Crippen molar-refractivity contribution in [3.05, 3.63) is 18.2 Å². The van der Waals surface area contributed by atoms with E-state index < -0.39 is 0 Å². The zero-order valence-corrected chi connectivity index (χ0v) is 15.0. The van der Waals surface area contributed by atoms with Crippen molar-refractivity contribution in [1.29, 1.82) is 0 Å². The summed E-state index contributed by atoms with van der Waals surface area (Å²) >= 11 is 1.75. The maximum absolute atomic E-state index is 5.38. The minimum absolute atomic E-state index is 0.546. The SMILES string of the molecule is COc1ccc(Nc2n[nH]c(SCC3CCCCC3)n2)c(OC)c1. The molecule has 2 N–H and O–H groups in total. The van der Waals surface area contributed by atoms with E-state index in [9.17, 15) is 0 Å². The number of methoxy groups -OCH3 is 2. The fourth-order valence-electron chi connectivity index (χ4n) is 2.94. The highest BCUT2D eigenvalue weighted by atomic mass is 32.2. The molecule has 0 aliphatic heterocycles. The van der Waals surface area contributed by atoms with Gasteiger partial charge in [0, 0.05) is 11.8 Å². The summed E-state index contributed by atoms with van der Waals surface area (Å²) in [5.41, 5.74) is 0.807. The molecule has 0 spiro atoms. The van der Waals surface area contributed by atoms with Crippen LogP contribution < -0.4 is 14.8 Å². The highest BCUT2D eigenvalue weighted by molar-refractivity contribution is 7.99. The number of thioether (sulfide) groups is 1. The third kappa shape index (κ3) is 4.35. The molecule has 0 amide bonds. The molecule has 1 aliphatic rings. The fraction of sp³-hybridized carbons (Fsp3) is 0.529. The molecular weight excluding hydrogens is 324 g/mol. The average molecular weight is 348 g/mol. The lowest BCUT2D eigenvalue weighted by atomic mass is 9.91. The molecule has 1 heterocycles. The number of H-pyrrole nitrogens is 1. The smallest absolute Gasteiger partial charge is 0.247 e. The largest absolute Gasteiger partial charge is 0.497 e. The summed E-state index contributed by atoms with van der Waals surface area (Å²) in [6.45, 7) is 0. The second kappa shape index (κ2) is 8.28. The van der Waals surface area contributed by atoms with Crippen LogP contribution in [0.1, 0.15) is 32.1 Å². The molecule has 24 heavy (non-hydrogen) atoms. The van der Waals surface area contributed by atoms with E-state index in [0.717, 1.165) is 28.3 Å². The Morgan fingerprint density at radius 3 is 2.79 bits per heavy atom. The van der Waals surface area contributed by atoms with Crippen LogP contribution in [0.4, 0.5) is 11.6 Å². The van der Waals surface area contributed by atoms with E-state index in [1.807, 2.05) is 18.2 Å². The lowest BCUT2D eigenvalue weighted by Crippen LogP contribution is -2.08. The van der Waals surface area contributed by atoms with Crippen molar-refractivity contribution in [3.63, 3.8) is 0 Å². The third-order valence-electron chi connectivity index (χ3n) is 4.30. The zero-order chi connectivity index (χ0) is 16.8.